The lowest BCUT2D eigenvalue weighted by Gasteiger charge is -2.21. The molecule has 5 nitrogen and oxygen atoms in total. The Labute approximate surface area is 115 Å². The largest absolute Gasteiger partial charge is 0.490 e. The molecule has 0 aliphatic carbocycles. The van der Waals surface area contributed by atoms with Gasteiger partial charge in [0.05, 0.1) is 7.11 Å². The Kier molecular flexibility index (Phi) is 4.82. The van der Waals surface area contributed by atoms with Crippen LogP contribution < -0.4 is 15.0 Å². The molecule has 1 N–H and O–H groups in total. The average molecular weight is 264 g/mol. The van der Waals surface area contributed by atoms with Crippen LogP contribution in [0.3, 0.4) is 0 Å². The molecule has 1 saturated heterocycles. The van der Waals surface area contributed by atoms with E-state index < -0.39 is 0 Å². The molecule has 1 aromatic rings. The van der Waals surface area contributed by atoms with Crippen LogP contribution in [0.2, 0.25) is 0 Å². The highest BCUT2D eigenvalue weighted by Gasteiger charge is 2.26. The van der Waals surface area contributed by atoms with Crippen molar-refractivity contribution in [1.82, 2.24) is 9.97 Å². The fourth-order valence-corrected chi connectivity index (χ4v) is 2.74. The Balaban J connectivity index is 2.18. The summed E-state index contributed by atoms with van der Waals surface area (Å²) in [5.74, 6) is 3.26. The quantitative estimate of drug-likeness (QED) is 0.855. The Morgan fingerprint density at radius 2 is 2.26 bits per heavy atom. The number of ether oxygens (including phenoxy) is 1. The molecule has 1 unspecified atom stereocenters. The van der Waals surface area contributed by atoms with Gasteiger partial charge in [0.25, 0.3) is 0 Å². The van der Waals surface area contributed by atoms with Crippen molar-refractivity contribution in [1.29, 1.82) is 0 Å². The highest BCUT2D eigenvalue weighted by atomic mass is 16.5. The third kappa shape index (κ3) is 3.08. The molecule has 1 aromatic heterocycles. The maximum atomic E-state index is 5.51. The molecule has 1 aliphatic heterocycles. The molecule has 0 saturated carbocycles. The topological polar surface area (TPSA) is 50.3 Å². The second-order valence-electron chi connectivity index (χ2n) is 5.00. The van der Waals surface area contributed by atoms with E-state index in [0.717, 1.165) is 42.9 Å². The van der Waals surface area contributed by atoms with Gasteiger partial charge in [-0.05, 0) is 25.7 Å². The van der Waals surface area contributed by atoms with Crippen molar-refractivity contribution in [3.8, 4) is 5.75 Å². The van der Waals surface area contributed by atoms with E-state index in [4.69, 9.17) is 4.74 Å². The Morgan fingerprint density at radius 3 is 2.95 bits per heavy atom. The maximum Gasteiger partial charge on any atom is 0.204 e. The summed E-state index contributed by atoms with van der Waals surface area (Å²) in [5, 5.41) is 3.22. The van der Waals surface area contributed by atoms with Crippen LogP contribution in [0.4, 0.5) is 11.6 Å². The monoisotopic (exact) mass is 264 g/mol. The predicted molar refractivity (Wildman–Crippen MR) is 78.0 cm³/mol. The minimum Gasteiger partial charge on any atom is -0.490 e. The van der Waals surface area contributed by atoms with E-state index in [1.54, 1.807) is 13.4 Å². The highest BCUT2D eigenvalue weighted by molar-refractivity contribution is 5.65. The molecular formula is C14H24N4O. The fourth-order valence-electron chi connectivity index (χ4n) is 2.74. The van der Waals surface area contributed by atoms with Gasteiger partial charge in [-0.15, -0.1) is 0 Å². The van der Waals surface area contributed by atoms with E-state index in [2.05, 4.69) is 27.1 Å². The number of anilines is 2. The van der Waals surface area contributed by atoms with Crippen molar-refractivity contribution >= 4 is 11.6 Å². The zero-order chi connectivity index (χ0) is 13.7. The van der Waals surface area contributed by atoms with Crippen LogP contribution in [0.25, 0.3) is 0 Å². The van der Waals surface area contributed by atoms with Gasteiger partial charge in [-0.3, -0.25) is 0 Å². The average Bonchev–Trinajstić information content (AvgIpc) is 2.88. The molecular weight excluding hydrogens is 240 g/mol. The van der Waals surface area contributed by atoms with Gasteiger partial charge in [0.2, 0.25) is 5.75 Å². The summed E-state index contributed by atoms with van der Waals surface area (Å²) in [7, 11) is 1.68. The Morgan fingerprint density at radius 1 is 1.42 bits per heavy atom. The van der Waals surface area contributed by atoms with Gasteiger partial charge in [-0.25, -0.2) is 9.97 Å². The summed E-state index contributed by atoms with van der Waals surface area (Å²) in [6.07, 6.45) is 5.41. The van der Waals surface area contributed by atoms with Crippen molar-refractivity contribution in [2.75, 3.05) is 37.0 Å². The SMILES string of the molecule is CCCC1CCN(c2ncnc(NCC)c2OC)C1. The number of hydrogen-bond donors (Lipinski definition) is 1. The lowest BCUT2D eigenvalue weighted by atomic mass is 10.0. The molecule has 0 amide bonds. The molecule has 2 heterocycles. The predicted octanol–water partition coefficient (Wildman–Crippen LogP) is 2.54. The fraction of sp³-hybridized carbons (Fsp3) is 0.714. The third-order valence-electron chi connectivity index (χ3n) is 3.62. The molecule has 1 aliphatic rings. The maximum absolute atomic E-state index is 5.51. The lowest BCUT2D eigenvalue weighted by molar-refractivity contribution is 0.412. The molecule has 1 atom stereocenters. The normalized spacial score (nSPS) is 18.7. The highest BCUT2D eigenvalue weighted by Crippen LogP contribution is 2.35. The van der Waals surface area contributed by atoms with Crippen LogP contribution in [-0.4, -0.2) is 36.7 Å². The molecule has 5 heteroatoms. The van der Waals surface area contributed by atoms with E-state index >= 15 is 0 Å². The number of aromatic nitrogens is 2. The zero-order valence-corrected chi connectivity index (χ0v) is 12.1. The minimum absolute atomic E-state index is 0.765. The van der Waals surface area contributed by atoms with Gasteiger partial charge < -0.3 is 15.0 Å². The third-order valence-corrected chi connectivity index (χ3v) is 3.62. The van der Waals surface area contributed by atoms with Crippen molar-refractivity contribution in [3.05, 3.63) is 6.33 Å². The number of hydrogen-bond acceptors (Lipinski definition) is 5. The smallest absolute Gasteiger partial charge is 0.204 e. The summed E-state index contributed by atoms with van der Waals surface area (Å²) in [6, 6.07) is 0. The van der Waals surface area contributed by atoms with Gasteiger partial charge in [-0.1, -0.05) is 13.3 Å². The van der Waals surface area contributed by atoms with E-state index in [1.165, 1.54) is 19.3 Å². The Bertz CT molecular complexity index is 410. The minimum atomic E-state index is 0.765. The molecule has 1 fully saturated rings. The zero-order valence-electron chi connectivity index (χ0n) is 12.1. The van der Waals surface area contributed by atoms with Gasteiger partial charge in [0, 0.05) is 19.6 Å². The first-order valence-electron chi connectivity index (χ1n) is 7.17. The molecule has 0 radical (unpaired) electrons. The second-order valence-corrected chi connectivity index (χ2v) is 5.00. The Hall–Kier alpha value is -1.52. The van der Waals surface area contributed by atoms with E-state index in [9.17, 15) is 0 Å². The van der Waals surface area contributed by atoms with Crippen LogP contribution in [0.5, 0.6) is 5.75 Å². The molecule has 0 aromatic carbocycles. The van der Waals surface area contributed by atoms with Crippen molar-refractivity contribution in [3.63, 3.8) is 0 Å². The van der Waals surface area contributed by atoms with Crippen molar-refractivity contribution < 1.29 is 4.74 Å². The molecule has 106 valence electrons. The second kappa shape index (κ2) is 6.59. The van der Waals surface area contributed by atoms with Gasteiger partial charge in [0.1, 0.15) is 6.33 Å². The number of nitrogens with zero attached hydrogens (tertiary/aromatic N) is 3. The first-order chi connectivity index (χ1) is 9.30. The summed E-state index contributed by atoms with van der Waals surface area (Å²) in [6.45, 7) is 7.26. The van der Waals surface area contributed by atoms with Crippen molar-refractivity contribution in [2.45, 2.75) is 33.1 Å². The molecule has 2 rings (SSSR count). The van der Waals surface area contributed by atoms with Crippen LogP contribution in [0.15, 0.2) is 6.33 Å². The molecule has 0 bridgehead atoms. The summed E-state index contributed by atoms with van der Waals surface area (Å²) in [4.78, 5) is 11.0. The number of rotatable bonds is 6. The van der Waals surface area contributed by atoms with E-state index in [1.807, 2.05) is 6.92 Å². The number of nitrogens with one attached hydrogen (secondary N) is 1. The first-order valence-corrected chi connectivity index (χ1v) is 7.17. The van der Waals surface area contributed by atoms with Crippen LogP contribution >= 0.6 is 0 Å². The number of methoxy groups -OCH3 is 1. The standard InChI is InChI=1S/C14H24N4O/c1-4-6-11-7-8-18(9-11)14-12(19-3)13(15-5-2)16-10-17-14/h10-11H,4-9H2,1-3H3,(H,15,16,17). The van der Waals surface area contributed by atoms with Crippen LogP contribution in [0.1, 0.15) is 33.1 Å². The van der Waals surface area contributed by atoms with Gasteiger partial charge in [0.15, 0.2) is 11.6 Å². The first kappa shape index (κ1) is 13.9. The van der Waals surface area contributed by atoms with Gasteiger partial charge >= 0.3 is 0 Å². The van der Waals surface area contributed by atoms with E-state index in [0.29, 0.717) is 0 Å². The van der Waals surface area contributed by atoms with E-state index in [-0.39, 0.29) is 0 Å². The molecule has 0 spiro atoms. The molecule has 19 heavy (non-hydrogen) atoms. The summed E-state index contributed by atoms with van der Waals surface area (Å²) >= 11 is 0. The summed E-state index contributed by atoms with van der Waals surface area (Å²) < 4.78 is 5.51. The lowest BCUT2D eigenvalue weighted by Crippen LogP contribution is -2.22. The van der Waals surface area contributed by atoms with Gasteiger partial charge in [-0.2, -0.15) is 0 Å². The van der Waals surface area contributed by atoms with Crippen molar-refractivity contribution in [2.24, 2.45) is 5.92 Å². The summed E-state index contributed by atoms with van der Waals surface area (Å²) in [5.41, 5.74) is 0. The van der Waals surface area contributed by atoms with Crippen LogP contribution in [-0.2, 0) is 0 Å². The van der Waals surface area contributed by atoms with Crippen LogP contribution in [0, 0.1) is 5.92 Å².